The summed E-state index contributed by atoms with van der Waals surface area (Å²) in [5.41, 5.74) is 1.37. The van der Waals surface area contributed by atoms with Crippen molar-refractivity contribution >= 4 is 22.9 Å². The molecule has 0 fully saturated rings. The van der Waals surface area contributed by atoms with Crippen molar-refractivity contribution < 1.29 is 4.79 Å². The molecule has 0 saturated carbocycles. The van der Waals surface area contributed by atoms with Crippen LogP contribution in [-0.4, -0.2) is 38.4 Å². The van der Waals surface area contributed by atoms with E-state index in [1.807, 2.05) is 13.8 Å². The number of fused-ring (bicyclic) bond motifs is 1. The van der Waals surface area contributed by atoms with E-state index in [4.69, 9.17) is 0 Å². The van der Waals surface area contributed by atoms with Gasteiger partial charge in [0, 0.05) is 19.0 Å². The second-order valence-electron chi connectivity index (χ2n) is 4.38. The lowest BCUT2D eigenvalue weighted by Crippen LogP contribution is -2.33. The Morgan fingerprint density at radius 3 is 3.05 bits per heavy atom. The molecule has 2 aromatic rings. The highest BCUT2D eigenvalue weighted by Gasteiger charge is 2.07. The fourth-order valence-corrected chi connectivity index (χ4v) is 1.64. The van der Waals surface area contributed by atoms with Crippen molar-refractivity contribution in [2.75, 3.05) is 11.9 Å². The normalized spacial score (nSPS) is 12.3. The highest BCUT2D eigenvalue weighted by atomic mass is 16.1. The minimum atomic E-state index is 0.0387. The molecule has 7 nitrogen and oxygen atoms in total. The molecule has 0 spiro atoms. The largest absolute Gasteiger partial charge is 0.368 e. The lowest BCUT2D eigenvalue weighted by molar-refractivity contribution is -0.121. The average molecular weight is 262 g/mol. The molecular formula is C12H18N6O. The third-order valence-electron chi connectivity index (χ3n) is 2.89. The Morgan fingerprint density at radius 1 is 1.42 bits per heavy atom. The van der Waals surface area contributed by atoms with Gasteiger partial charge in [-0.1, -0.05) is 6.92 Å². The van der Waals surface area contributed by atoms with Crippen molar-refractivity contribution in [2.24, 2.45) is 0 Å². The van der Waals surface area contributed by atoms with Crippen molar-refractivity contribution in [1.29, 1.82) is 0 Å². The molecule has 1 atom stereocenters. The van der Waals surface area contributed by atoms with Crippen LogP contribution in [0.25, 0.3) is 11.2 Å². The number of H-pyrrole nitrogens is 1. The van der Waals surface area contributed by atoms with Gasteiger partial charge in [-0.25, -0.2) is 15.0 Å². The summed E-state index contributed by atoms with van der Waals surface area (Å²) in [6.07, 6.45) is 4.36. The number of nitrogens with one attached hydrogen (secondary N) is 3. The van der Waals surface area contributed by atoms with E-state index in [0.29, 0.717) is 24.4 Å². The molecule has 2 heterocycles. The Hall–Kier alpha value is -2.18. The van der Waals surface area contributed by atoms with E-state index in [0.717, 1.165) is 11.9 Å². The van der Waals surface area contributed by atoms with Crippen molar-refractivity contribution in [3.05, 3.63) is 12.7 Å². The van der Waals surface area contributed by atoms with Crippen molar-refractivity contribution in [3.8, 4) is 0 Å². The maximum atomic E-state index is 11.6. The third kappa shape index (κ3) is 3.40. The molecule has 2 aromatic heterocycles. The first-order chi connectivity index (χ1) is 9.20. The lowest BCUT2D eigenvalue weighted by atomic mass is 10.2. The van der Waals surface area contributed by atoms with Gasteiger partial charge in [-0.2, -0.15) is 0 Å². The van der Waals surface area contributed by atoms with Crippen LogP contribution in [0.1, 0.15) is 26.7 Å². The van der Waals surface area contributed by atoms with E-state index < -0.39 is 0 Å². The standard InChI is InChI=1S/C12H18N6O/c1-3-8(2)18-9(19)4-5-13-11-10-12(15-6-14-10)17-7-16-11/h6-8H,3-5H2,1-2H3,(H,18,19)(H2,13,14,15,16,17). The molecule has 0 aliphatic carbocycles. The fraction of sp³-hybridized carbons (Fsp3) is 0.500. The van der Waals surface area contributed by atoms with Gasteiger partial charge in [0.25, 0.3) is 0 Å². The fourth-order valence-electron chi connectivity index (χ4n) is 1.64. The third-order valence-corrected chi connectivity index (χ3v) is 2.89. The summed E-state index contributed by atoms with van der Waals surface area (Å²) in [5.74, 6) is 0.704. The van der Waals surface area contributed by atoms with Gasteiger partial charge in [-0.3, -0.25) is 4.79 Å². The van der Waals surface area contributed by atoms with E-state index >= 15 is 0 Å². The molecule has 0 radical (unpaired) electrons. The number of rotatable bonds is 6. The summed E-state index contributed by atoms with van der Waals surface area (Å²) in [4.78, 5) is 26.8. The number of anilines is 1. The highest BCUT2D eigenvalue weighted by Crippen LogP contribution is 2.13. The number of carbonyl (C=O) groups is 1. The zero-order valence-electron chi connectivity index (χ0n) is 11.1. The summed E-state index contributed by atoms with van der Waals surface area (Å²) in [6, 6.07) is 0.214. The van der Waals surface area contributed by atoms with Crippen molar-refractivity contribution in [3.63, 3.8) is 0 Å². The molecule has 0 aliphatic heterocycles. The van der Waals surface area contributed by atoms with Gasteiger partial charge in [0.05, 0.1) is 6.33 Å². The molecule has 0 aliphatic rings. The maximum Gasteiger partial charge on any atom is 0.221 e. The lowest BCUT2D eigenvalue weighted by Gasteiger charge is -2.11. The molecule has 1 amide bonds. The van der Waals surface area contributed by atoms with Gasteiger partial charge in [-0.15, -0.1) is 0 Å². The van der Waals surface area contributed by atoms with Crippen LogP contribution in [0.2, 0.25) is 0 Å². The minimum Gasteiger partial charge on any atom is -0.368 e. The summed E-state index contributed by atoms with van der Waals surface area (Å²) in [5, 5.41) is 6.03. The first kappa shape index (κ1) is 13.3. The molecule has 2 rings (SSSR count). The Morgan fingerprint density at radius 2 is 2.26 bits per heavy atom. The van der Waals surface area contributed by atoms with Crippen molar-refractivity contribution in [2.45, 2.75) is 32.7 Å². The Bertz CT molecular complexity index is 552. The predicted octanol–water partition coefficient (Wildman–Crippen LogP) is 1.07. The molecule has 1 unspecified atom stereocenters. The van der Waals surface area contributed by atoms with Crippen molar-refractivity contribution in [1.82, 2.24) is 25.3 Å². The second kappa shape index (κ2) is 6.12. The minimum absolute atomic E-state index is 0.0387. The van der Waals surface area contributed by atoms with Gasteiger partial charge in [0.15, 0.2) is 11.5 Å². The summed E-state index contributed by atoms with van der Waals surface area (Å²) < 4.78 is 0. The van der Waals surface area contributed by atoms with Gasteiger partial charge >= 0.3 is 0 Å². The molecule has 7 heteroatoms. The average Bonchev–Trinajstić information content (AvgIpc) is 2.87. The Labute approximate surface area is 111 Å². The van der Waals surface area contributed by atoms with Crippen LogP contribution in [0.3, 0.4) is 0 Å². The summed E-state index contributed by atoms with van der Waals surface area (Å²) in [6.45, 7) is 4.55. The number of aromatic amines is 1. The number of hydrogen-bond donors (Lipinski definition) is 3. The predicted molar refractivity (Wildman–Crippen MR) is 72.7 cm³/mol. The van der Waals surface area contributed by atoms with Crippen LogP contribution < -0.4 is 10.6 Å². The molecular weight excluding hydrogens is 244 g/mol. The van der Waals surface area contributed by atoms with Crippen LogP contribution in [0.15, 0.2) is 12.7 Å². The molecule has 102 valence electrons. The quantitative estimate of drug-likeness (QED) is 0.723. The van der Waals surface area contributed by atoms with Gasteiger partial charge in [0.1, 0.15) is 11.8 Å². The topological polar surface area (TPSA) is 95.6 Å². The Balaban J connectivity index is 1.86. The summed E-state index contributed by atoms with van der Waals surface area (Å²) in [7, 11) is 0. The number of nitrogens with zero attached hydrogens (tertiary/aromatic N) is 3. The first-order valence-electron chi connectivity index (χ1n) is 6.38. The van der Waals surface area contributed by atoms with Crippen LogP contribution in [0, 0.1) is 0 Å². The highest BCUT2D eigenvalue weighted by molar-refractivity contribution is 5.82. The van der Waals surface area contributed by atoms with Crippen LogP contribution in [0.4, 0.5) is 5.82 Å². The SMILES string of the molecule is CCC(C)NC(=O)CCNc1ncnc2nc[nH]c12. The van der Waals surface area contributed by atoms with Gasteiger partial charge in [0.2, 0.25) is 5.91 Å². The van der Waals surface area contributed by atoms with Gasteiger partial charge < -0.3 is 15.6 Å². The van der Waals surface area contributed by atoms with Crippen LogP contribution in [-0.2, 0) is 4.79 Å². The number of aromatic nitrogens is 4. The summed E-state index contributed by atoms with van der Waals surface area (Å²) >= 11 is 0. The van der Waals surface area contributed by atoms with E-state index in [1.165, 1.54) is 6.33 Å². The smallest absolute Gasteiger partial charge is 0.221 e. The number of hydrogen-bond acceptors (Lipinski definition) is 5. The van der Waals surface area contributed by atoms with Crippen LogP contribution in [0.5, 0.6) is 0 Å². The molecule has 19 heavy (non-hydrogen) atoms. The monoisotopic (exact) mass is 262 g/mol. The Kier molecular flexibility index (Phi) is 4.27. The zero-order valence-corrected chi connectivity index (χ0v) is 11.1. The second-order valence-corrected chi connectivity index (χ2v) is 4.38. The number of imidazole rings is 1. The van der Waals surface area contributed by atoms with E-state index in [1.54, 1.807) is 6.33 Å². The van der Waals surface area contributed by atoms with Gasteiger partial charge in [-0.05, 0) is 13.3 Å². The molecule has 0 bridgehead atoms. The molecule has 0 aromatic carbocycles. The molecule has 0 saturated heterocycles. The molecule has 3 N–H and O–H groups in total. The van der Waals surface area contributed by atoms with E-state index in [-0.39, 0.29) is 11.9 Å². The van der Waals surface area contributed by atoms with E-state index in [9.17, 15) is 4.79 Å². The van der Waals surface area contributed by atoms with E-state index in [2.05, 4.69) is 30.6 Å². The first-order valence-corrected chi connectivity index (χ1v) is 6.38. The number of amides is 1. The number of carbonyl (C=O) groups excluding carboxylic acids is 1. The maximum absolute atomic E-state index is 11.6. The zero-order chi connectivity index (χ0) is 13.7. The van der Waals surface area contributed by atoms with Crippen LogP contribution >= 0.6 is 0 Å².